The first-order chi connectivity index (χ1) is 45.9. The predicted octanol–water partition coefficient (Wildman–Crippen LogP) is 22.3. The molecule has 0 saturated heterocycles. The summed E-state index contributed by atoms with van der Waals surface area (Å²) >= 11 is 0. The largest absolute Gasteiger partial charge is 0.472 e. The summed E-state index contributed by atoms with van der Waals surface area (Å²) in [6, 6.07) is 0. The molecule has 19 heteroatoms. The van der Waals surface area contributed by atoms with Crippen LogP contribution in [0.15, 0.2) is 0 Å². The highest BCUT2D eigenvalue weighted by Gasteiger charge is 2.30. The van der Waals surface area contributed by atoms with E-state index in [0.717, 1.165) is 115 Å². The molecule has 6 atom stereocenters. The van der Waals surface area contributed by atoms with Crippen LogP contribution in [0.4, 0.5) is 0 Å². The van der Waals surface area contributed by atoms with Gasteiger partial charge in [-0.3, -0.25) is 37.3 Å². The highest BCUT2D eigenvalue weighted by Crippen LogP contribution is 2.45. The van der Waals surface area contributed by atoms with Crippen LogP contribution in [-0.4, -0.2) is 96.7 Å². The first-order valence-corrected chi connectivity index (χ1v) is 42.5. The van der Waals surface area contributed by atoms with E-state index >= 15 is 0 Å². The summed E-state index contributed by atoms with van der Waals surface area (Å²) in [6.07, 6.45) is 55.9. The van der Waals surface area contributed by atoms with Gasteiger partial charge in [-0.05, 0) is 37.5 Å². The minimum absolute atomic E-state index is 0.103. The molecular formula is C76H148O17P2. The number of ether oxygens (including phenoxy) is 4. The van der Waals surface area contributed by atoms with Crippen molar-refractivity contribution in [1.82, 2.24) is 0 Å². The predicted molar refractivity (Wildman–Crippen MR) is 386 cm³/mol. The average Bonchev–Trinajstić information content (AvgIpc) is 1.42. The van der Waals surface area contributed by atoms with Gasteiger partial charge in [-0.15, -0.1) is 0 Å². The van der Waals surface area contributed by atoms with Crippen LogP contribution in [0, 0.1) is 11.8 Å². The number of hydrogen-bond donors (Lipinski definition) is 3. The van der Waals surface area contributed by atoms with Gasteiger partial charge in [0.1, 0.15) is 19.3 Å². The van der Waals surface area contributed by atoms with Gasteiger partial charge in [-0.1, -0.05) is 343 Å². The maximum atomic E-state index is 13.1. The molecule has 17 nitrogen and oxygen atoms in total. The van der Waals surface area contributed by atoms with Crippen LogP contribution in [0.3, 0.4) is 0 Å². The standard InChI is InChI=1S/C76H148O17P2/c1-7-10-12-14-16-17-18-19-20-21-22-23-24-27-31-34-37-41-48-54-60-75(80)92-71(65-87-74(79)59-53-47-40-36-33-30-28-25-26-29-32-35-39-44-50-56-68(4)5)66-90-94(82,83)88-62-70(77)63-89-95(84,85)91-67-72(64-86-73(78)58-52-46-38-15-13-11-8-2)93-76(81)61-55-49-43-42-45-51-57-69(6)9-3/h68-72,77H,7-67H2,1-6H3,(H,82,83)(H,84,85)/t69?,70-,71-,72-/m1/s1. The SMILES string of the molecule is CCCCCCCCCCCCCCCCCCCCCCC(=O)O[C@H](COC(=O)CCCCCCCCCCCCCCCCCC(C)C)COP(=O)(O)OC[C@@H](O)COP(=O)(O)OC[C@@H](COC(=O)CCCCCCCCC)OC(=O)CCCCCCCCC(C)CC. The molecule has 0 spiro atoms. The van der Waals surface area contributed by atoms with Crippen molar-refractivity contribution in [3.8, 4) is 0 Å². The Morgan fingerprint density at radius 3 is 0.800 bits per heavy atom. The molecule has 0 radical (unpaired) electrons. The van der Waals surface area contributed by atoms with Gasteiger partial charge in [0.05, 0.1) is 26.4 Å². The molecule has 0 aromatic heterocycles. The van der Waals surface area contributed by atoms with Gasteiger partial charge in [-0.2, -0.15) is 0 Å². The Bertz CT molecular complexity index is 1840. The third kappa shape index (κ3) is 69.0. The Morgan fingerprint density at radius 1 is 0.305 bits per heavy atom. The van der Waals surface area contributed by atoms with Gasteiger partial charge in [0, 0.05) is 25.7 Å². The summed E-state index contributed by atoms with van der Waals surface area (Å²) in [4.78, 5) is 72.6. The molecule has 3 unspecified atom stereocenters. The summed E-state index contributed by atoms with van der Waals surface area (Å²) in [6.45, 7) is 9.53. The summed E-state index contributed by atoms with van der Waals surface area (Å²) in [7, 11) is -9.90. The summed E-state index contributed by atoms with van der Waals surface area (Å²) in [5, 5.41) is 10.6. The third-order valence-corrected chi connectivity index (χ3v) is 20.0. The fourth-order valence-electron chi connectivity index (χ4n) is 11.6. The second-order valence-electron chi connectivity index (χ2n) is 28.1. The number of phosphoric ester groups is 2. The lowest BCUT2D eigenvalue weighted by molar-refractivity contribution is -0.161. The number of phosphoric acid groups is 2. The van der Waals surface area contributed by atoms with Gasteiger partial charge in [0.25, 0.3) is 0 Å². The van der Waals surface area contributed by atoms with E-state index in [1.807, 2.05) is 0 Å². The molecular weight excluding hydrogens is 1250 g/mol. The molecule has 0 heterocycles. The fraction of sp³-hybridized carbons (Fsp3) is 0.947. The first-order valence-electron chi connectivity index (χ1n) is 39.5. The van der Waals surface area contributed by atoms with E-state index in [0.29, 0.717) is 25.7 Å². The van der Waals surface area contributed by atoms with Crippen LogP contribution < -0.4 is 0 Å². The second-order valence-corrected chi connectivity index (χ2v) is 31.0. The van der Waals surface area contributed by atoms with Crippen molar-refractivity contribution in [2.45, 2.75) is 413 Å². The molecule has 95 heavy (non-hydrogen) atoms. The third-order valence-electron chi connectivity index (χ3n) is 18.1. The van der Waals surface area contributed by atoms with Crippen LogP contribution in [-0.2, 0) is 65.4 Å². The van der Waals surface area contributed by atoms with E-state index in [-0.39, 0.29) is 25.7 Å². The van der Waals surface area contributed by atoms with Gasteiger partial charge in [0.2, 0.25) is 0 Å². The summed E-state index contributed by atoms with van der Waals surface area (Å²) < 4.78 is 68.4. The summed E-state index contributed by atoms with van der Waals surface area (Å²) in [5.41, 5.74) is 0. The molecule has 0 bridgehead atoms. The van der Waals surface area contributed by atoms with Crippen molar-refractivity contribution in [2.24, 2.45) is 11.8 Å². The maximum absolute atomic E-state index is 13.1. The zero-order valence-corrected chi connectivity index (χ0v) is 63.8. The molecule has 0 aromatic carbocycles. The number of carbonyl (C=O) groups excluding carboxylic acids is 4. The minimum atomic E-state index is -4.96. The zero-order chi connectivity index (χ0) is 70.0. The number of aliphatic hydroxyl groups excluding tert-OH is 1. The van der Waals surface area contributed by atoms with Crippen molar-refractivity contribution in [3.05, 3.63) is 0 Å². The topological polar surface area (TPSA) is 237 Å². The molecule has 0 aliphatic heterocycles. The monoisotopic (exact) mass is 1400 g/mol. The Morgan fingerprint density at radius 2 is 0.537 bits per heavy atom. The first kappa shape index (κ1) is 93.1. The van der Waals surface area contributed by atoms with Crippen LogP contribution in [0.1, 0.15) is 395 Å². The lowest BCUT2D eigenvalue weighted by Crippen LogP contribution is -2.30. The van der Waals surface area contributed by atoms with Gasteiger partial charge < -0.3 is 33.8 Å². The van der Waals surface area contributed by atoms with E-state index < -0.39 is 97.5 Å². The number of carbonyl (C=O) groups is 4. The number of rotatable bonds is 75. The van der Waals surface area contributed by atoms with Gasteiger partial charge >= 0.3 is 39.5 Å². The zero-order valence-electron chi connectivity index (χ0n) is 62.0. The molecule has 0 rings (SSSR count). The molecule has 0 aliphatic carbocycles. The van der Waals surface area contributed by atoms with E-state index in [1.54, 1.807) is 0 Å². The van der Waals surface area contributed by atoms with Gasteiger partial charge in [-0.25, -0.2) is 9.13 Å². The number of hydrogen-bond acceptors (Lipinski definition) is 15. The second kappa shape index (κ2) is 67.9. The lowest BCUT2D eigenvalue weighted by atomic mass is 10.00. The number of esters is 4. The molecule has 0 aliphatic rings. The quantitative estimate of drug-likeness (QED) is 0.0222. The molecule has 0 aromatic rings. The number of aliphatic hydroxyl groups is 1. The summed E-state index contributed by atoms with van der Waals surface area (Å²) in [5.74, 6) is -0.597. The van der Waals surface area contributed by atoms with E-state index in [4.69, 9.17) is 37.0 Å². The normalized spacial score (nSPS) is 14.3. The fourth-order valence-corrected chi connectivity index (χ4v) is 13.2. The molecule has 3 N–H and O–H groups in total. The van der Waals surface area contributed by atoms with Crippen LogP contribution >= 0.6 is 15.6 Å². The van der Waals surface area contributed by atoms with E-state index in [1.165, 1.54) is 199 Å². The maximum Gasteiger partial charge on any atom is 0.472 e. The van der Waals surface area contributed by atoms with Crippen LogP contribution in [0.5, 0.6) is 0 Å². The Kier molecular flexibility index (Phi) is 66.5. The van der Waals surface area contributed by atoms with E-state index in [2.05, 4.69) is 41.5 Å². The van der Waals surface area contributed by atoms with Gasteiger partial charge in [0.15, 0.2) is 12.2 Å². The van der Waals surface area contributed by atoms with Crippen molar-refractivity contribution >= 4 is 39.5 Å². The Balaban J connectivity index is 5.16. The number of unbranched alkanes of at least 4 members (excludes halogenated alkanes) is 44. The lowest BCUT2D eigenvalue weighted by Gasteiger charge is -2.21. The van der Waals surface area contributed by atoms with Crippen molar-refractivity contribution in [1.29, 1.82) is 0 Å². The molecule has 0 amide bonds. The van der Waals surface area contributed by atoms with Crippen molar-refractivity contribution in [3.63, 3.8) is 0 Å². The van der Waals surface area contributed by atoms with Crippen LogP contribution in [0.2, 0.25) is 0 Å². The van der Waals surface area contributed by atoms with Crippen LogP contribution in [0.25, 0.3) is 0 Å². The van der Waals surface area contributed by atoms with Crippen molar-refractivity contribution < 1.29 is 80.2 Å². The van der Waals surface area contributed by atoms with Crippen molar-refractivity contribution in [2.75, 3.05) is 39.6 Å². The molecule has 0 saturated carbocycles. The highest BCUT2D eigenvalue weighted by molar-refractivity contribution is 7.47. The molecule has 564 valence electrons. The smallest absolute Gasteiger partial charge is 0.462 e. The highest BCUT2D eigenvalue weighted by atomic mass is 31.2. The Labute approximate surface area is 581 Å². The molecule has 0 fully saturated rings. The Hall–Kier alpha value is -1.94. The minimum Gasteiger partial charge on any atom is -0.462 e. The average molecular weight is 1400 g/mol. The van der Waals surface area contributed by atoms with E-state index in [9.17, 15) is 43.2 Å².